The smallest absolute Gasteiger partial charge is 0.326 e. The van der Waals surface area contributed by atoms with Gasteiger partial charge in [0.1, 0.15) is 0 Å². The number of hydrogen-bond acceptors (Lipinski definition) is 4. The average molecular weight is 364 g/mol. The Balaban J connectivity index is 1.88. The second-order valence-corrected chi connectivity index (χ2v) is 6.67. The number of piperidine rings is 1. The maximum atomic E-state index is 14.0. The molecule has 1 aromatic rings. The third kappa shape index (κ3) is 3.33. The van der Waals surface area contributed by atoms with Crippen molar-refractivity contribution in [1.29, 1.82) is 0 Å². The van der Waals surface area contributed by atoms with Crippen LogP contribution in [0.15, 0.2) is 22.2 Å². The van der Waals surface area contributed by atoms with Gasteiger partial charge in [0, 0.05) is 31.6 Å². The van der Waals surface area contributed by atoms with Crippen LogP contribution in [0, 0.1) is 5.82 Å². The van der Waals surface area contributed by atoms with Crippen LogP contribution in [0.1, 0.15) is 42.6 Å². The van der Waals surface area contributed by atoms with Crippen molar-refractivity contribution in [1.82, 2.24) is 19.8 Å². The predicted molar refractivity (Wildman–Crippen MR) is 91.2 cm³/mol. The number of nitrogens with one attached hydrogen (secondary N) is 2. The van der Waals surface area contributed by atoms with Crippen LogP contribution >= 0.6 is 0 Å². The Bertz CT molecular complexity index is 846. The van der Waals surface area contributed by atoms with Crippen LogP contribution in [0.2, 0.25) is 0 Å². The van der Waals surface area contributed by atoms with Gasteiger partial charge in [-0.25, -0.2) is 4.79 Å². The van der Waals surface area contributed by atoms with E-state index in [1.165, 1.54) is 4.90 Å². The zero-order valence-electron chi connectivity index (χ0n) is 14.3. The maximum Gasteiger partial charge on any atom is 0.326 e. The van der Waals surface area contributed by atoms with Crippen LogP contribution in [-0.4, -0.2) is 56.8 Å². The van der Waals surface area contributed by atoms with E-state index in [1.54, 1.807) is 11.1 Å². The molecule has 0 aliphatic carbocycles. The fraction of sp³-hybridized carbons (Fsp3) is 0.529. The summed E-state index contributed by atoms with van der Waals surface area (Å²) < 4.78 is 14.0. The van der Waals surface area contributed by atoms with E-state index in [0.717, 1.165) is 19.3 Å². The van der Waals surface area contributed by atoms with Gasteiger partial charge in [0.25, 0.3) is 11.5 Å². The lowest BCUT2D eigenvalue weighted by Gasteiger charge is -2.40. The van der Waals surface area contributed by atoms with E-state index < -0.39 is 28.7 Å². The summed E-state index contributed by atoms with van der Waals surface area (Å²) in [6.07, 6.45) is 4.92. The zero-order chi connectivity index (χ0) is 18.8. The van der Waals surface area contributed by atoms with E-state index >= 15 is 0 Å². The van der Waals surface area contributed by atoms with Gasteiger partial charge in [0.2, 0.25) is 11.7 Å². The molecular weight excluding hydrogens is 343 g/mol. The second kappa shape index (κ2) is 7.27. The topological polar surface area (TPSA) is 106 Å². The fourth-order valence-electron chi connectivity index (χ4n) is 3.88. The first-order chi connectivity index (χ1) is 12.4. The fourth-order valence-corrected chi connectivity index (χ4v) is 3.88. The molecule has 2 aliphatic heterocycles. The first-order valence-corrected chi connectivity index (χ1v) is 8.65. The minimum absolute atomic E-state index is 0.0280. The molecule has 140 valence electrons. The van der Waals surface area contributed by atoms with E-state index in [0.29, 0.717) is 13.0 Å². The molecular formula is C17H21FN4O4. The van der Waals surface area contributed by atoms with E-state index in [4.69, 9.17) is 0 Å². The SMILES string of the molecule is C=CCC(=O)N1C2CCCC1CN(C(=O)c1[nH]c(=O)[nH]c(=O)c1F)CC2. The Labute approximate surface area is 148 Å². The number of H-pyrrole nitrogens is 2. The Morgan fingerprint density at radius 2 is 1.92 bits per heavy atom. The van der Waals surface area contributed by atoms with E-state index in [2.05, 4.69) is 11.6 Å². The van der Waals surface area contributed by atoms with Crippen LogP contribution in [0.4, 0.5) is 4.39 Å². The number of fused-ring (bicyclic) bond motifs is 2. The lowest BCUT2D eigenvalue weighted by molar-refractivity contribution is -0.136. The summed E-state index contributed by atoms with van der Waals surface area (Å²) in [5.41, 5.74) is -2.80. The molecule has 1 aromatic heterocycles. The van der Waals surface area contributed by atoms with Crippen molar-refractivity contribution in [3.8, 4) is 0 Å². The van der Waals surface area contributed by atoms with Gasteiger partial charge in [-0.05, 0) is 25.7 Å². The van der Waals surface area contributed by atoms with Gasteiger partial charge in [-0.3, -0.25) is 19.4 Å². The van der Waals surface area contributed by atoms with Gasteiger partial charge in [-0.15, -0.1) is 6.58 Å². The lowest BCUT2D eigenvalue weighted by Crippen LogP contribution is -2.51. The third-order valence-electron chi connectivity index (χ3n) is 5.02. The molecule has 2 N–H and O–H groups in total. The van der Waals surface area contributed by atoms with E-state index in [9.17, 15) is 23.6 Å². The molecule has 9 heteroatoms. The molecule has 2 unspecified atom stereocenters. The highest BCUT2D eigenvalue weighted by molar-refractivity contribution is 5.92. The minimum Gasteiger partial charge on any atom is -0.335 e. The zero-order valence-corrected chi connectivity index (χ0v) is 14.3. The Morgan fingerprint density at radius 3 is 2.65 bits per heavy atom. The number of amides is 2. The summed E-state index contributed by atoms with van der Waals surface area (Å²) in [5, 5.41) is 0. The molecule has 2 amide bonds. The quantitative estimate of drug-likeness (QED) is 0.756. The normalized spacial score (nSPS) is 22.7. The van der Waals surface area contributed by atoms with Crippen molar-refractivity contribution in [2.24, 2.45) is 0 Å². The number of aromatic amines is 2. The average Bonchev–Trinajstić information content (AvgIpc) is 2.71. The highest BCUT2D eigenvalue weighted by Crippen LogP contribution is 2.30. The van der Waals surface area contributed by atoms with Gasteiger partial charge < -0.3 is 14.8 Å². The number of halogens is 1. The second-order valence-electron chi connectivity index (χ2n) is 6.67. The van der Waals surface area contributed by atoms with Gasteiger partial charge in [-0.2, -0.15) is 4.39 Å². The molecule has 3 rings (SSSR count). The number of nitrogens with zero attached hydrogens (tertiary/aromatic N) is 2. The summed E-state index contributed by atoms with van der Waals surface area (Å²) in [7, 11) is 0. The first kappa shape index (κ1) is 18.1. The van der Waals surface area contributed by atoms with Gasteiger partial charge in [0.05, 0.1) is 0 Å². The Hall–Kier alpha value is -2.71. The molecule has 3 heterocycles. The van der Waals surface area contributed by atoms with Crippen LogP contribution in [0.5, 0.6) is 0 Å². The first-order valence-electron chi connectivity index (χ1n) is 8.65. The molecule has 0 spiro atoms. The summed E-state index contributed by atoms with van der Waals surface area (Å²) in [4.78, 5) is 55.1. The number of aromatic nitrogens is 2. The van der Waals surface area contributed by atoms with Crippen LogP contribution < -0.4 is 11.2 Å². The van der Waals surface area contributed by atoms with Gasteiger partial charge >= 0.3 is 5.69 Å². The van der Waals surface area contributed by atoms with Crippen LogP contribution in [-0.2, 0) is 4.79 Å². The molecule has 8 nitrogen and oxygen atoms in total. The van der Waals surface area contributed by atoms with Gasteiger partial charge in [0.15, 0.2) is 5.69 Å². The molecule has 0 saturated carbocycles. The van der Waals surface area contributed by atoms with E-state index in [-0.39, 0.29) is 31.0 Å². The van der Waals surface area contributed by atoms with Crippen LogP contribution in [0.3, 0.4) is 0 Å². The van der Waals surface area contributed by atoms with E-state index in [1.807, 2.05) is 4.90 Å². The van der Waals surface area contributed by atoms with Crippen molar-refractivity contribution in [3.05, 3.63) is 45.0 Å². The molecule has 26 heavy (non-hydrogen) atoms. The minimum atomic E-state index is -1.30. The molecule has 0 radical (unpaired) electrons. The number of carbonyl (C=O) groups is 2. The van der Waals surface area contributed by atoms with Crippen molar-refractivity contribution >= 4 is 11.8 Å². The van der Waals surface area contributed by atoms with Crippen molar-refractivity contribution in [2.75, 3.05) is 13.1 Å². The Morgan fingerprint density at radius 1 is 1.19 bits per heavy atom. The van der Waals surface area contributed by atoms with Crippen molar-refractivity contribution in [3.63, 3.8) is 0 Å². The molecule has 2 saturated heterocycles. The molecule has 2 aliphatic rings. The van der Waals surface area contributed by atoms with Crippen molar-refractivity contribution < 1.29 is 14.0 Å². The molecule has 0 aromatic carbocycles. The maximum absolute atomic E-state index is 14.0. The number of carbonyl (C=O) groups excluding carboxylic acids is 2. The standard InChI is InChI=1S/C17H21FN4O4/c1-2-4-12(23)22-10-5-3-6-11(22)9-21(8-7-10)16(25)14-13(18)15(24)20-17(26)19-14/h2,10-11H,1,3-9H2,(H2,19,20,24,26). The summed E-state index contributed by atoms with van der Waals surface area (Å²) in [6.45, 7) is 4.17. The van der Waals surface area contributed by atoms with Crippen molar-refractivity contribution in [2.45, 2.75) is 44.2 Å². The Kier molecular flexibility index (Phi) is 5.06. The highest BCUT2D eigenvalue weighted by atomic mass is 19.1. The van der Waals surface area contributed by atoms with Gasteiger partial charge in [-0.1, -0.05) is 6.08 Å². The van der Waals surface area contributed by atoms with Crippen LogP contribution in [0.25, 0.3) is 0 Å². The monoisotopic (exact) mass is 364 g/mol. The summed E-state index contributed by atoms with van der Waals surface area (Å²) >= 11 is 0. The third-order valence-corrected chi connectivity index (χ3v) is 5.02. The predicted octanol–water partition coefficient (Wildman–Crippen LogP) is 0.374. The molecule has 2 bridgehead atoms. The molecule has 2 fully saturated rings. The lowest BCUT2D eigenvalue weighted by atomic mass is 9.94. The highest BCUT2D eigenvalue weighted by Gasteiger charge is 2.38. The number of rotatable bonds is 3. The largest absolute Gasteiger partial charge is 0.335 e. The summed E-state index contributed by atoms with van der Waals surface area (Å²) in [6, 6.07) is -0.133. The number of hydrogen-bond donors (Lipinski definition) is 2. The molecule has 2 atom stereocenters. The summed E-state index contributed by atoms with van der Waals surface area (Å²) in [5.74, 6) is -2.07.